The van der Waals surface area contributed by atoms with Crippen molar-refractivity contribution >= 4 is 5.97 Å². The maximum Gasteiger partial charge on any atom is 0.303 e. The minimum atomic E-state index is -1.93. The lowest BCUT2D eigenvalue weighted by Crippen LogP contribution is -2.91. The second-order valence-electron chi connectivity index (χ2n) is 11.0. The molecular formula is C22H30O7. The quantitative estimate of drug-likeness (QED) is 0.442. The Kier molecular flexibility index (Phi) is 3.28. The monoisotopic (exact) mass is 406 g/mol. The van der Waals surface area contributed by atoms with Crippen LogP contribution in [0.25, 0.3) is 0 Å². The maximum atomic E-state index is 12.2. The summed E-state index contributed by atoms with van der Waals surface area (Å²) < 4.78 is 18.5. The summed E-state index contributed by atoms with van der Waals surface area (Å²) in [5.41, 5.74) is -1.61. The van der Waals surface area contributed by atoms with E-state index >= 15 is 0 Å². The molecular weight excluding hydrogens is 376 g/mol. The molecule has 8 aliphatic rings. The molecule has 4 aliphatic heterocycles. The summed E-state index contributed by atoms with van der Waals surface area (Å²) in [6.07, 6.45) is -0.899. The van der Waals surface area contributed by atoms with Crippen LogP contribution in [0.4, 0.5) is 0 Å². The molecule has 0 aromatic carbocycles. The Bertz CT molecular complexity index is 824. The number of hydrogen-bond acceptors (Lipinski definition) is 7. The first kappa shape index (κ1) is 18.8. The molecule has 1 unspecified atom stereocenters. The number of aliphatic hydroxyl groups is 3. The van der Waals surface area contributed by atoms with Crippen LogP contribution in [0.2, 0.25) is 0 Å². The lowest BCUT2D eigenvalue weighted by atomic mass is 9.34. The molecule has 0 amide bonds. The first-order chi connectivity index (χ1) is 13.5. The molecule has 0 radical (unpaired) electrons. The largest absolute Gasteiger partial charge is 0.456 e. The molecule has 29 heavy (non-hydrogen) atoms. The molecule has 4 saturated heterocycles. The van der Waals surface area contributed by atoms with Gasteiger partial charge in [0.05, 0.1) is 23.7 Å². The van der Waals surface area contributed by atoms with Crippen LogP contribution in [0.1, 0.15) is 46.5 Å². The van der Waals surface area contributed by atoms with Crippen molar-refractivity contribution in [3.05, 3.63) is 12.2 Å². The smallest absolute Gasteiger partial charge is 0.303 e. The van der Waals surface area contributed by atoms with E-state index < -0.39 is 59.2 Å². The van der Waals surface area contributed by atoms with Gasteiger partial charge in [0.15, 0.2) is 12.4 Å². The summed E-state index contributed by atoms with van der Waals surface area (Å²) >= 11 is 0. The van der Waals surface area contributed by atoms with Crippen LogP contribution in [0.3, 0.4) is 0 Å². The van der Waals surface area contributed by atoms with E-state index in [9.17, 15) is 20.1 Å². The van der Waals surface area contributed by atoms with Crippen LogP contribution in [-0.4, -0.2) is 57.8 Å². The molecule has 7 nitrogen and oxygen atoms in total. The average molecular weight is 406 g/mol. The summed E-state index contributed by atoms with van der Waals surface area (Å²) in [4.78, 5) is 12.1. The SMILES string of the molecule is C=C1[C@@H](O)[C@@]23[C@H]4OC5O[C@]2(O)[C@@H](OC(C)=O)[C@@H]2C(C)(C)CCC[C@]52[C@@H]3[C@@H](O)C[C@@H]14. The zero-order valence-electron chi connectivity index (χ0n) is 17.1. The van der Waals surface area contributed by atoms with E-state index in [2.05, 4.69) is 20.4 Å². The van der Waals surface area contributed by atoms with Gasteiger partial charge in [-0.05, 0) is 30.3 Å². The lowest BCUT2D eigenvalue weighted by Gasteiger charge is -2.80. The van der Waals surface area contributed by atoms with Crippen LogP contribution in [0.15, 0.2) is 12.2 Å². The van der Waals surface area contributed by atoms with Crippen LogP contribution >= 0.6 is 0 Å². The van der Waals surface area contributed by atoms with E-state index in [-0.39, 0.29) is 17.3 Å². The third-order valence-corrected chi connectivity index (χ3v) is 9.54. The van der Waals surface area contributed by atoms with Gasteiger partial charge in [0.2, 0.25) is 5.79 Å². The third kappa shape index (κ3) is 1.66. The number of rotatable bonds is 1. The fraction of sp³-hybridized carbons (Fsp3) is 0.864. The minimum absolute atomic E-state index is 0.250. The zero-order valence-corrected chi connectivity index (χ0v) is 17.1. The van der Waals surface area contributed by atoms with Crippen LogP contribution in [0, 0.1) is 34.0 Å². The van der Waals surface area contributed by atoms with Crippen LogP contribution in [-0.2, 0) is 19.0 Å². The van der Waals surface area contributed by atoms with E-state index in [1.54, 1.807) is 0 Å². The zero-order chi connectivity index (χ0) is 20.7. The van der Waals surface area contributed by atoms with Gasteiger partial charge in [-0.2, -0.15) is 0 Å². The molecule has 7 bridgehead atoms. The molecule has 0 aromatic rings. The molecule has 8 fully saturated rings. The molecule has 4 heterocycles. The highest BCUT2D eigenvalue weighted by Gasteiger charge is 2.92. The number of carbonyl (C=O) groups is 1. The number of carbonyl (C=O) groups excluding carboxylic acids is 1. The van der Waals surface area contributed by atoms with E-state index in [1.807, 2.05) is 0 Å². The minimum Gasteiger partial charge on any atom is -0.456 e. The number of aliphatic hydroxyl groups excluding tert-OH is 2. The fourth-order valence-corrected chi connectivity index (χ4v) is 9.03. The van der Waals surface area contributed by atoms with Gasteiger partial charge in [0, 0.05) is 30.1 Å². The molecule has 160 valence electrons. The summed E-state index contributed by atoms with van der Waals surface area (Å²) in [6, 6.07) is 0. The summed E-state index contributed by atoms with van der Waals surface area (Å²) in [5.74, 6) is -3.33. The van der Waals surface area contributed by atoms with Crippen molar-refractivity contribution in [2.75, 3.05) is 0 Å². The Hall–Kier alpha value is -0.990. The van der Waals surface area contributed by atoms with Crippen molar-refractivity contribution in [1.29, 1.82) is 0 Å². The lowest BCUT2D eigenvalue weighted by molar-refractivity contribution is -0.569. The molecule has 4 aliphatic carbocycles. The topological polar surface area (TPSA) is 105 Å². The summed E-state index contributed by atoms with van der Waals surface area (Å²) in [5, 5.41) is 35.0. The van der Waals surface area contributed by atoms with E-state index in [0.717, 1.165) is 19.3 Å². The first-order valence-corrected chi connectivity index (χ1v) is 10.8. The highest BCUT2D eigenvalue weighted by Crippen LogP contribution is 2.82. The van der Waals surface area contributed by atoms with E-state index in [4.69, 9.17) is 14.2 Å². The third-order valence-electron chi connectivity index (χ3n) is 9.54. The van der Waals surface area contributed by atoms with Crippen LogP contribution in [0.5, 0.6) is 0 Å². The number of esters is 1. The van der Waals surface area contributed by atoms with Crippen molar-refractivity contribution < 1.29 is 34.3 Å². The molecule has 3 N–H and O–H groups in total. The predicted octanol–water partition coefficient (Wildman–Crippen LogP) is 1.10. The standard InChI is InChI=1S/C22H30O7/c1-9-11-8-12(24)13-20-7-5-6-19(3,4)14(20)17(27-10(2)23)22(26)21(13,15(9)25)16(11)28-18(20)29-22/h11-18,24-26H,1,5-8H2,2-4H3/t11-,12-,13-,14+,15+,16-,17-,18?,20+,21-,22+/m0/s1. The molecule has 4 saturated carbocycles. The number of hydrogen-bond donors (Lipinski definition) is 3. The van der Waals surface area contributed by atoms with E-state index in [1.165, 1.54) is 6.92 Å². The van der Waals surface area contributed by atoms with Gasteiger partial charge in [-0.25, -0.2) is 0 Å². The van der Waals surface area contributed by atoms with Crippen molar-refractivity contribution in [1.82, 2.24) is 0 Å². The Morgan fingerprint density at radius 1 is 1.24 bits per heavy atom. The summed E-state index contributed by atoms with van der Waals surface area (Å²) in [7, 11) is 0. The van der Waals surface area contributed by atoms with E-state index in [0.29, 0.717) is 12.0 Å². The van der Waals surface area contributed by atoms with Gasteiger partial charge in [-0.1, -0.05) is 26.8 Å². The van der Waals surface area contributed by atoms with Crippen LogP contribution < -0.4 is 0 Å². The maximum absolute atomic E-state index is 12.2. The Morgan fingerprint density at radius 2 is 1.97 bits per heavy atom. The van der Waals surface area contributed by atoms with Gasteiger partial charge in [0.25, 0.3) is 0 Å². The normalized spacial score (nSPS) is 60.8. The highest BCUT2D eigenvalue weighted by atomic mass is 16.8. The Labute approximate surface area is 170 Å². The molecule has 0 aromatic heterocycles. The Balaban J connectivity index is 1.67. The highest BCUT2D eigenvalue weighted by molar-refractivity contribution is 5.66. The molecule has 8 rings (SSSR count). The summed E-state index contributed by atoms with van der Waals surface area (Å²) in [6.45, 7) is 9.69. The Morgan fingerprint density at radius 3 is 2.66 bits per heavy atom. The van der Waals surface area contributed by atoms with Crippen molar-refractivity contribution in [2.24, 2.45) is 34.0 Å². The average Bonchev–Trinajstić information content (AvgIpc) is 2.76. The van der Waals surface area contributed by atoms with Crippen molar-refractivity contribution in [3.63, 3.8) is 0 Å². The van der Waals surface area contributed by atoms with Gasteiger partial charge < -0.3 is 29.5 Å². The second kappa shape index (κ2) is 5.07. The molecule has 11 atom stereocenters. The number of ether oxygens (including phenoxy) is 3. The predicted molar refractivity (Wildman–Crippen MR) is 99.0 cm³/mol. The molecule has 7 heteroatoms. The van der Waals surface area contributed by atoms with Gasteiger partial charge in [-0.15, -0.1) is 0 Å². The van der Waals surface area contributed by atoms with Crippen molar-refractivity contribution in [2.45, 2.75) is 82.9 Å². The molecule has 2 spiro atoms. The first-order valence-electron chi connectivity index (χ1n) is 10.8. The second-order valence-corrected chi connectivity index (χ2v) is 11.0. The van der Waals surface area contributed by atoms with Gasteiger partial charge in [0.1, 0.15) is 0 Å². The van der Waals surface area contributed by atoms with Crippen molar-refractivity contribution in [3.8, 4) is 0 Å². The van der Waals surface area contributed by atoms with Gasteiger partial charge >= 0.3 is 5.97 Å². The van der Waals surface area contributed by atoms with Gasteiger partial charge in [-0.3, -0.25) is 4.79 Å². The fourth-order valence-electron chi connectivity index (χ4n) is 9.03.